The van der Waals surface area contributed by atoms with E-state index in [1.165, 1.54) is 0 Å². The maximum Gasteiger partial charge on any atom is 0.429 e. The SMILES string of the molecule is O=C(OCC(Cl)(Cl)Cl)N1[C@H]2C=C[C@@H](N1C(=O)OCC(Cl)(Cl)Cl)[C@]13CCCC[C@@]21O3. The second-order valence-corrected chi connectivity index (χ2v) is 12.4. The smallest absolute Gasteiger partial charge is 0.429 e. The molecule has 0 unspecified atom stereocenters. The van der Waals surface area contributed by atoms with Gasteiger partial charge in [-0.1, -0.05) is 94.6 Å². The van der Waals surface area contributed by atoms with E-state index < -0.39 is 56.3 Å². The van der Waals surface area contributed by atoms with E-state index in [0.717, 1.165) is 35.7 Å². The lowest BCUT2D eigenvalue weighted by molar-refractivity contribution is -0.0973. The van der Waals surface area contributed by atoms with Crippen LogP contribution in [0.3, 0.4) is 0 Å². The Balaban J connectivity index is 1.63. The van der Waals surface area contributed by atoms with Gasteiger partial charge in [0.05, 0.1) is 0 Å². The summed E-state index contributed by atoms with van der Waals surface area (Å²) in [6, 6.07) is -1.15. The fourth-order valence-electron chi connectivity index (χ4n) is 4.69. The standard InChI is InChI=1S/C16H16Cl6N2O5/c17-15(18,19)7-27-11(25)23-9-3-4-10(14-6-2-1-5-13(9,14)29-14)24(23)12(26)28-8-16(20,21)22/h3-4,9-10H,1-2,5-8H2/t9-,10+,13-,14-/m1/s1. The van der Waals surface area contributed by atoms with Crippen LogP contribution < -0.4 is 0 Å². The number of ether oxygens (including phenoxy) is 3. The molecule has 162 valence electrons. The average Bonchev–Trinajstić information content (AvgIpc) is 3.36. The Labute approximate surface area is 196 Å². The van der Waals surface area contributed by atoms with Crippen molar-refractivity contribution in [3.8, 4) is 0 Å². The number of carbonyl (C=O) groups excluding carboxylic acids is 2. The molecule has 29 heavy (non-hydrogen) atoms. The molecule has 0 aromatic heterocycles. The molecule has 4 atom stereocenters. The second-order valence-electron chi connectivity index (χ2n) is 7.39. The minimum Gasteiger partial charge on any atom is -0.444 e. The highest BCUT2D eigenvalue weighted by Gasteiger charge is 2.83. The van der Waals surface area contributed by atoms with Gasteiger partial charge in [0.2, 0.25) is 7.59 Å². The van der Waals surface area contributed by atoms with Crippen molar-refractivity contribution >= 4 is 81.8 Å². The zero-order chi connectivity index (χ0) is 21.2. The van der Waals surface area contributed by atoms with E-state index in [9.17, 15) is 9.59 Å². The van der Waals surface area contributed by atoms with Crippen molar-refractivity contribution in [3.05, 3.63) is 12.2 Å². The molecule has 5 aliphatic rings. The average molecular weight is 529 g/mol. The van der Waals surface area contributed by atoms with Crippen LogP contribution in [-0.2, 0) is 14.2 Å². The highest BCUT2D eigenvalue weighted by Crippen LogP contribution is 2.67. The van der Waals surface area contributed by atoms with Crippen molar-refractivity contribution in [1.82, 2.24) is 10.0 Å². The Morgan fingerprint density at radius 1 is 0.862 bits per heavy atom. The summed E-state index contributed by atoms with van der Waals surface area (Å²) in [6.45, 7) is -0.992. The number of halogens is 6. The first kappa shape index (κ1) is 22.2. The predicted molar refractivity (Wildman–Crippen MR) is 109 cm³/mol. The summed E-state index contributed by atoms with van der Waals surface area (Å²) in [5, 5.41) is 2.30. The summed E-state index contributed by atoms with van der Waals surface area (Å²) in [6.07, 6.45) is 5.33. The van der Waals surface area contributed by atoms with Crippen molar-refractivity contribution < 1.29 is 23.8 Å². The van der Waals surface area contributed by atoms with Crippen LogP contribution in [0, 0.1) is 0 Å². The molecule has 5 rings (SSSR count). The molecular formula is C16H16Cl6N2O5. The van der Waals surface area contributed by atoms with Crippen molar-refractivity contribution in [2.24, 2.45) is 0 Å². The van der Waals surface area contributed by atoms with Crippen LogP contribution in [0.25, 0.3) is 0 Å². The molecule has 7 nitrogen and oxygen atoms in total. The molecule has 0 aromatic carbocycles. The molecule has 2 bridgehead atoms. The zero-order valence-corrected chi connectivity index (χ0v) is 19.3. The van der Waals surface area contributed by atoms with E-state index in [0.29, 0.717) is 0 Å². The number of amides is 2. The summed E-state index contributed by atoms with van der Waals surface area (Å²) in [7, 11) is 0. The summed E-state index contributed by atoms with van der Waals surface area (Å²) >= 11 is 34.1. The van der Waals surface area contributed by atoms with E-state index in [4.69, 9.17) is 83.8 Å². The Hall–Kier alpha value is -0.0200. The second kappa shape index (κ2) is 7.26. The van der Waals surface area contributed by atoms with Gasteiger partial charge in [0.1, 0.15) is 36.5 Å². The van der Waals surface area contributed by atoms with Crippen LogP contribution in [0.1, 0.15) is 25.7 Å². The van der Waals surface area contributed by atoms with Gasteiger partial charge < -0.3 is 14.2 Å². The molecule has 2 aliphatic carbocycles. The van der Waals surface area contributed by atoms with E-state index in [2.05, 4.69) is 0 Å². The first-order valence-corrected chi connectivity index (χ1v) is 11.1. The van der Waals surface area contributed by atoms with Gasteiger partial charge in [0.15, 0.2) is 0 Å². The van der Waals surface area contributed by atoms with Crippen LogP contribution in [0.4, 0.5) is 9.59 Å². The third kappa shape index (κ3) is 3.75. The fraction of sp³-hybridized carbons (Fsp3) is 0.750. The van der Waals surface area contributed by atoms with Crippen LogP contribution in [0.5, 0.6) is 0 Å². The molecule has 2 amide bonds. The summed E-state index contributed by atoms with van der Waals surface area (Å²) in [5.41, 5.74) is -1.15. The number of fused-ring (bicyclic) bond motifs is 1. The van der Waals surface area contributed by atoms with Crippen LogP contribution in [-0.4, -0.2) is 66.3 Å². The number of rotatable bonds is 2. The van der Waals surface area contributed by atoms with E-state index >= 15 is 0 Å². The lowest BCUT2D eigenvalue weighted by Gasteiger charge is -2.53. The zero-order valence-electron chi connectivity index (χ0n) is 14.8. The van der Waals surface area contributed by atoms with Crippen LogP contribution in [0.15, 0.2) is 12.2 Å². The molecule has 0 spiro atoms. The lowest BCUT2D eigenvalue weighted by Crippen LogP contribution is -2.73. The number of hydrogen-bond acceptors (Lipinski definition) is 5. The third-order valence-corrected chi connectivity index (χ3v) is 6.32. The molecule has 0 aromatic rings. The van der Waals surface area contributed by atoms with Crippen molar-refractivity contribution in [2.45, 2.75) is 56.6 Å². The maximum absolute atomic E-state index is 12.9. The summed E-state index contributed by atoms with van der Waals surface area (Å²) in [5.74, 6) is 0. The van der Waals surface area contributed by atoms with Gasteiger partial charge in [-0.3, -0.25) is 0 Å². The maximum atomic E-state index is 12.9. The van der Waals surface area contributed by atoms with Gasteiger partial charge in [0, 0.05) is 0 Å². The summed E-state index contributed by atoms with van der Waals surface area (Å²) < 4.78 is 12.9. The highest BCUT2D eigenvalue weighted by atomic mass is 35.6. The highest BCUT2D eigenvalue weighted by molar-refractivity contribution is 6.68. The topological polar surface area (TPSA) is 71.6 Å². The number of alkyl halides is 6. The first-order valence-electron chi connectivity index (χ1n) is 8.84. The van der Waals surface area contributed by atoms with Crippen molar-refractivity contribution in [2.75, 3.05) is 13.2 Å². The van der Waals surface area contributed by atoms with E-state index in [1.54, 1.807) is 0 Å². The molecule has 0 radical (unpaired) electrons. The predicted octanol–water partition coefficient (Wildman–Crippen LogP) is 4.92. The molecular weight excluding hydrogens is 513 g/mol. The van der Waals surface area contributed by atoms with Gasteiger partial charge >= 0.3 is 12.2 Å². The molecule has 3 fully saturated rings. The Morgan fingerprint density at radius 2 is 1.24 bits per heavy atom. The van der Waals surface area contributed by atoms with Gasteiger partial charge in [-0.15, -0.1) is 0 Å². The lowest BCUT2D eigenvalue weighted by atomic mass is 9.67. The van der Waals surface area contributed by atoms with E-state index in [-0.39, 0.29) is 0 Å². The number of epoxide rings is 1. The number of hydrazine groups is 1. The molecule has 3 aliphatic heterocycles. The summed E-state index contributed by atoms with van der Waals surface area (Å²) in [4.78, 5) is 25.8. The fourth-order valence-corrected chi connectivity index (χ4v) is 5.01. The first-order chi connectivity index (χ1) is 13.4. The largest absolute Gasteiger partial charge is 0.444 e. The van der Waals surface area contributed by atoms with Gasteiger partial charge in [-0.2, -0.15) is 0 Å². The van der Waals surface area contributed by atoms with E-state index in [1.807, 2.05) is 12.2 Å². The number of hydrogen-bond donors (Lipinski definition) is 0. The Morgan fingerprint density at radius 3 is 1.59 bits per heavy atom. The minimum absolute atomic E-state index is 0.496. The third-order valence-electron chi connectivity index (χ3n) is 5.67. The molecule has 0 N–H and O–H groups in total. The Kier molecular flexibility index (Phi) is 5.55. The molecule has 2 saturated heterocycles. The quantitative estimate of drug-likeness (QED) is 0.289. The van der Waals surface area contributed by atoms with Gasteiger partial charge in [-0.05, 0) is 12.8 Å². The number of nitrogens with zero attached hydrogens (tertiary/aromatic N) is 2. The van der Waals surface area contributed by atoms with Crippen molar-refractivity contribution in [1.29, 1.82) is 0 Å². The van der Waals surface area contributed by atoms with Gasteiger partial charge in [-0.25, -0.2) is 19.6 Å². The minimum atomic E-state index is -1.80. The van der Waals surface area contributed by atoms with Crippen molar-refractivity contribution in [3.63, 3.8) is 0 Å². The van der Waals surface area contributed by atoms with Crippen LogP contribution >= 0.6 is 69.6 Å². The normalized spacial score (nSPS) is 35.1. The molecule has 13 heteroatoms. The van der Waals surface area contributed by atoms with Crippen LogP contribution in [0.2, 0.25) is 0 Å². The Bertz CT molecular complexity index is 695. The van der Waals surface area contributed by atoms with Gasteiger partial charge in [0.25, 0.3) is 0 Å². The monoisotopic (exact) mass is 526 g/mol. The molecule has 3 heterocycles. The number of carbonyl (C=O) groups is 2. The molecule has 1 saturated carbocycles.